The topological polar surface area (TPSA) is 88.4 Å². The van der Waals surface area contributed by atoms with Gasteiger partial charge in [-0.3, -0.25) is 9.36 Å². The number of fused-ring (bicyclic) bond motifs is 1. The Balaban J connectivity index is 1.82. The van der Waals surface area contributed by atoms with Crippen LogP contribution >= 0.6 is 27.3 Å². The van der Waals surface area contributed by atoms with Gasteiger partial charge in [-0.25, -0.2) is 9.79 Å². The molecule has 0 aliphatic carbocycles. The molecule has 2 heterocycles. The molecular formula is C31H27BrN2O6S. The monoisotopic (exact) mass is 634 g/mol. The van der Waals surface area contributed by atoms with E-state index in [1.165, 1.54) is 11.3 Å². The number of halogens is 1. The number of ether oxygens (including phenoxy) is 4. The van der Waals surface area contributed by atoms with Crippen LogP contribution in [0.1, 0.15) is 29.7 Å². The lowest BCUT2D eigenvalue weighted by Crippen LogP contribution is -2.40. The zero-order chi connectivity index (χ0) is 29.1. The quantitative estimate of drug-likeness (QED) is 0.261. The Hall–Kier alpha value is -4.15. The molecule has 0 N–H and O–H groups in total. The molecule has 1 atom stereocenters. The number of carbonyl (C=O) groups excluding carboxylic acids is 1. The molecule has 8 nitrogen and oxygen atoms in total. The van der Waals surface area contributed by atoms with Crippen LogP contribution in [-0.4, -0.2) is 38.5 Å². The van der Waals surface area contributed by atoms with Crippen molar-refractivity contribution in [3.8, 4) is 17.2 Å². The molecule has 0 spiro atoms. The number of aromatic nitrogens is 1. The van der Waals surface area contributed by atoms with Crippen LogP contribution in [0.25, 0.3) is 11.8 Å². The van der Waals surface area contributed by atoms with Crippen molar-refractivity contribution in [3.05, 3.63) is 113 Å². The second kappa shape index (κ2) is 12.2. The van der Waals surface area contributed by atoms with E-state index in [4.69, 9.17) is 23.9 Å². The fourth-order valence-electron chi connectivity index (χ4n) is 4.68. The number of thiazole rings is 1. The van der Waals surface area contributed by atoms with Crippen LogP contribution < -0.4 is 29.1 Å². The van der Waals surface area contributed by atoms with E-state index in [9.17, 15) is 9.59 Å². The van der Waals surface area contributed by atoms with Crippen molar-refractivity contribution in [3.63, 3.8) is 0 Å². The number of esters is 1. The molecule has 1 aliphatic rings. The smallest absolute Gasteiger partial charge is 0.338 e. The lowest BCUT2D eigenvalue weighted by atomic mass is 9.93. The summed E-state index contributed by atoms with van der Waals surface area (Å²) in [7, 11) is 4.71. The number of hydrogen-bond donors (Lipinski definition) is 0. The van der Waals surface area contributed by atoms with Gasteiger partial charge in [0, 0.05) is 17.2 Å². The third kappa shape index (κ3) is 5.45. The summed E-state index contributed by atoms with van der Waals surface area (Å²) < 4.78 is 24.5. The molecule has 4 aromatic rings. The van der Waals surface area contributed by atoms with Crippen molar-refractivity contribution < 1.29 is 23.7 Å². The van der Waals surface area contributed by atoms with Crippen LogP contribution in [0, 0.1) is 0 Å². The Morgan fingerprint density at radius 2 is 1.71 bits per heavy atom. The molecule has 0 fully saturated rings. The van der Waals surface area contributed by atoms with Gasteiger partial charge in [0.15, 0.2) is 4.80 Å². The van der Waals surface area contributed by atoms with E-state index in [0.717, 1.165) is 11.1 Å². The molecule has 1 aliphatic heterocycles. The second-order valence-electron chi connectivity index (χ2n) is 8.93. The molecule has 0 radical (unpaired) electrons. The average molecular weight is 636 g/mol. The molecule has 41 heavy (non-hydrogen) atoms. The second-order valence-corrected chi connectivity index (χ2v) is 10.8. The number of nitrogens with zero attached hydrogens (tertiary/aromatic N) is 2. The van der Waals surface area contributed by atoms with Crippen molar-refractivity contribution in [2.45, 2.75) is 13.0 Å². The number of hydrogen-bond acceptors (Lipinski definition) is 8. The van der Waals surface area contributed by atoms with Crippen molar-refractivity contribution in [2.75, 3.05) is 27.9 Å². The van der Waals surface area contributed by atoms with Crippen LogP contribution in [-0.2, 0) is 9.53 Å². The lowest BCUT2D eigenvalue weighted by Gasteiger charge is -2.26. The van der Waals surface area contributed by atoms with Gasteiger partial charge in [-0.1, -0.05) is 53.8 Å². The Labute approximate surface area is 248 Å². The van der Waals surface area contributed by atoms with Crippen LogP contribution in [0.3, 0.4) is 0 Å². The molecule has 0 bridgehead atoms. The van der Waals surface area contributed by atoms with E-state index in [1.54, 1.807) is 57.1 Å². The summed E-state index contributed by atoms with van der Waals surface area (Å²) in [5.41, 5.74) is 2.59. The molecule has 0 unspecified atom stereocenters. The van der Waals surface area contributed by atoms with Gasteiger partial charge in [0.05, 0.1) is 54.3 Å². The van der Waals surface area contributed by atoms with Crippen molar-refractivity contribution in [2.24, 2.45) is 4.99 Å². The Kier molecular flexibility index (Phi) is 8.41. The van der Waals surface area contributed by atoms with Crippen LogP contribution in [0.4, 0.5) is 0 Å². The van der Waals surface area contributed by atoms with E-state index in [0.29, 0.717) is 42.3 Å². The molecule has 1 aromatic heterocycles. The highest BCUT2D eigenvalue weighted by molar-refractivity contribution is 9.10. The number of methoxy groups -OCH3 is 3. The first-order valence-electron chi connectivity index (χ1n) is 12.7. The number of benzene rings is 3. The summed E-state index contributed by atoms with van der Waals surface area (Å²) in [5, 5.41) is 0. The van der Waals surface area contributed by atoms with Gasteiger partial charge in [0.25, 0.3) is 5.56 Å². The zero-order valence-electron chi connectivity index (χ0n) is 22.8. The molecule has 0 saturated carbocycles. The first-order valence-corrected chi connectivity index (χ1v) is 14.3. The van der Waals surface area contributed by atoms with Crippen LogP contribution in [0.15, 0.2) is 86.6 Å². The molecule has 0 saturated heterocycles. The predicted molar refractivity (Wildman–Crippen MR) is 161 cm³/mol. The average Bonchev–Trinajstić information content (AvgIpc) is 3.31. The highest BCUT2D eigenvalue weighted by Crippen LogP contribution is 2.36. The predicted octanol–water partition coefficient (Wildman–Crippen LogP) is 4.72. The minimum Gasteiger partial charge on any atom is -0.497 e. The standard InChI is InChI=1S/C31H27BrN2O6S/c1-5-40-30(36)26-27(18-9-7-6-8-10-18)33-31-34(28(26)19-11-13-21(37-2)14-12-19)29(35)25(41-31)16-20-15-22(32)24(39-4)17-23(20)38-3/h6-17,28H,5H2,1-4H3/b25-16-/t28-/m1/s1. The SMILES string of the molecule is CCOC(=O)C1=C(c2ccccc2)N=c2s/c(=C\c3cc(Br)c(OC)cc3OC)c(=O)n2[C@@H]1c1ccc(OC)cc1. The van der Waals surface area contributed by atoms with Crippen molar-refractivity contribution in [1.82, 2.24) is 4.57 Å². The summed E-state index contributed by atoms with van der Waals surface area (Å²) >= 11 is 4.75. The van der Waals surface area contributed by atoms with Crippen molar-refractivity contribution in [1.29, 1.82) is 0 Å². The lowest BCUT2D eigenvalue weighted by molar-refractivity contribution is -0.138. The van der Waals surface area contributed by atoms with Gasteiger partial charge in [-0.2, -0.15) is 0 Å². The van der Waals surface area contributed by atoms with Gasteiger partial charge >= 0.3 is 5.97 Å². The maximum absolute atomic E-state index is 14.1. The minimum atomic E-state index is -0.780. The van der Waals surface area contributed by atoms with Gasteiger partial charge in [0.1, 0.15) is 17.2 Å². The number of rotatable bonds is 8. The fraction of sp³-hybridized carbons (Fsp3) is 0.194. The first kappa shape index (κ1) is 28.4. The van der Waals surface area contributed by atoms with Gasteiger partial charge in [0.2, 0.25) is 0 Å². The Bertz CT molecular complexity index is 1810. The summed E-state index contributed by atoms with van der Waals surface area (Å²) in [5.74, 6) is 1.26. The fourth-order valence-corrected chi connectivity index (χ4v) is 6.19. The molecule has 210 valence electrons. The van der Waals surface area contributed by atoms with E-state index >= 15 is 0 Å². The van der Waals surface area contributed by atoms with Gasteiger partial charge < -0.3 is 18.9 Å². The summed E-state index contributed by atoms with van der Waals surface area (Å²) in [6.07, 6.45) is 1.76. The van der Waals surface area contributed by atoms with Crippen LogP contribution in [0.5, 0.6) is 17.2 Å². The zero-order valence-corrected chi connectivity index (χ0v) is 25.2. The van der Waals surface area contributed by atoms with Crippen molar-refractivity contribution >= 4 is 45.0 Å². The van der Waals surface area contributed by atoms with Gasteiger partial charge in [-0.15, -0.1) is 0 Å². The molecular weight excluding hydrogens is 608 g/mol. The normalized spacial score (nSPS) is 14.8. The first-order chi connectivity index (χ1) is 19.9. The highest BCUT2D eigenvalue weighted by Gasteiger charge is 2.35. The summed E-state index contributed by atoms with van der Waals surface area (Å²) in [6.45, 7) is 1.93. The Morgan fingerprint density at radius 3 is 2.34 bits per heavy atom. The van der Waals surface area contributed by atoms with E-state index in [2.05, 4.69) is 15.9 Å². The van der Waals surface area contributed by atoms with E-state index in [-0.39, 0.29) is 17.7 Å². The summed E-state index contributed by atoms with van der Waals surface area (Å²) in [4.78, 5) is 33.0. The van der Waals surface area contributed by atoms with Gasteiger partial charge in [-0.05, 0) is 52.7 Å². The number of carbonyl (C=O) groups is 1. The van der Waals surface area contributed by atoms with E-state index < -0.39 is 12.0 Å². The maximum Gasteiger partial charge on any atom is 0.338 e. The molecule has 3 aromatic carbocycles. The Morgan fingerprint density at radius 1 is 1.00 bits per heavy atom. The van der Waals surface area contributed by atoms with E-state index in [1.807, 2.05) is 48.5 Å². The van der Waals surface area contributed by atoms with Crippen LogP contribution in [0.2, 0.25) is 0 Å². The molecule has 0 amide bonds. The molecule has 5 rings (SSSR count). The maximum atomic E-state index is 14.1. The highest BCUT2D eigenvalue weighted by atomic mass is 79.9. The molecule has 10 heteroatoms. The third-order valence-electron chi connectivity index (χ3n) is 6.60. The minimum absolute atomic E-state index is 0.177. The largest absolute Gasteiger partial charge is 0.497 e. The summed E-state index contributed by atoms with van der Waals surface area (Å²) in [6, 6.07) is 19.5. The third-order valence-corrected chi connectivity index (χ3v) is 8.20.